The first kappa shape index (κ1) is 19.1. The minimum absolute atomic E-state index is 0.294. The van der Waals surface area contributed by atoms with Crippen LogP contribution in [0.15, 0.2) is 0 Å². The lowest BCUT2D eigenvalue weighted by Gasteiger charge is -2.15. The van der Waals surface area contributed by atoms with Gasteiger partial charge in [-0.3, -0.25) is 4.57 Å². The third kappa shape index (κ3) is 11.6. The number of rotatable bonds is 13. The summed E-state index contributed by atoms with van der Waals surface area (Å²) in [5.41, 5.74) is -0.337. The van der Waals surface area contributed by atoms with Crippen LogP contribution in [0.1, 0.15) is 65.7 Å². The summed E-state index contributed by atoms with van der Waals surface area (Å²) >= 11 is 0. The van der Waals surface area contributed by atoms with E-state index in [0.29, 0.717) is 19.6 Å². The first-order chi connectivity index (χ1) is 9.00. The molecule has 4 nitrogen and oxygen atoms in total. The van der Waals surface area contributed by atoms with E-state index in [1.165, 1.54) is 32.1 Å². The lowest BCUT2D eigenvalue weighted by Crippen LogP contribution is -2.05. The van der Waals surface area contributed by atoms with Gasteiger partial charge in [-0.2, -0.15) is 0 Å². The topological polar surface area (TPSA) is 55.8 Å². The average Bonchev–Trinajstić information content (AvgIpc) is 2.35. The van der Waals surface area contributed by atoms with Crippen LogP contribution in [-0.4, -0.2) is 30.4 Å². The maximum absolute atomic E-state index is 11.5. The van der Waals surface area contributed by atoms with Crippen LogP contribution in [0.5, 0.6) is 0 Å². The predicted octanol–water partition coefficient (Wildman–Crippen LogP) is 4.36. The van der Waals surface area contributed by atoms with E-state index in [2.05, 4.69) is 6.92 Å². The molecule has 0 bridgehead atoms. The smallest absolute Gasteiger partial charge is 0.330 e. The first-order valence-electron chi connectivity index (χ1n) is 7.55. The molecule has 0 saturated carbocycles. The molecule has 116 valence electrons. The number of unbranched alkanes of at least 4 members (excludes halogenated alkanes) is 5. The zero-order valence-electron chi connectivity index (χ0n) is 12.8. The van der Waals surface area contributed by atoms with Gasteiger partial charge in [0.2, 0.25) is 0 Å². The summed E-state index contributed by atoms with van der Waals surface area (Å²) < 4.78 is 21.9. The van der Waals surface area contributed by atoms with E-state index in [1.807, 2.05) is 0 Å². The van der Waals surface area contributed by atoms with Crippen LogP contribution in [0.2, 0.25) is 0 Å². The number of hydrogen-bond donors (Lipinski definition) is 1. The maximum atomic E-state index is 11.5. The summed E-state index contributed by atoms with van der Waals surface area (Å²) in [4.78, 5) is 9.43. The Balaban J connectivity index is 3.21. The molecule has 1 atom stereocenters. The van der Waals surface area contributed by atoms with Crippen molar-refractivity contribution in [1.29, 1.82) is 0 Å². The van der Waals surface area contributed by atoms with Crippen molar-refractivity contribution in [2.75, 3.05) is 19.8 Å². The largest absolute Gasteiger partial charge is 0.381 e. The Labute approximate surface area is 118 Å². The molecule has 0 saturated heterocycles. The van der Waals surface area contributed by atoms with Crippen molar-refractivity contribution in [1.82, 2.24) is 0 Å². The third-order valence-corrected chi connectivity index (χ3v) is 4.86. The number of hydrogen-bond acceptors (Lipinski definition) is 3. The molecule has 19 heavy (non-hydrogen) atoms. The van der Waals surface area contributed by atoms with Crippen LogP contribution < -0.4 is 0 Å². The van der Waals surface area contributed by atoms with Gasteiger partial charge in [-0.15, -0.1) is 0 Å². The molecule has 0 spiro atoms. The van der Waals surface area contributed by atoms with E-state index in [1.54, 1.807) is 13.8 Å². The van der Waals surface area contributed by atoms with E-state index in [0.717, 1.165) is 13.0 Å². The summed E-state index contributed by atoms with van der Waals surface area (Å²) in [7, 11) is -3.40. The quantitative estimate of drug-likeness (QED) is 0.405. The summed E-state index contributed by atoms with van der Waals surface area (Å²) in [6.45, 7) is 7.28. The Kier molecular flexibility index (Phi) is 12.0. The molecule has 5 heteroatoms. The highest BCUT2D eigenvalue weighted by molar-refractivity contribution is 7.53. The zero-order valence-corrected chi connectivity index (χ0v) is 13.7. The Morgan fingerprint density at radius 3 is 2.16 bits per heavy atom. The second kappa shape index (κ2) is 11.9. The lowest BCUT2D eigenvalue weighted by atomic mass is 10.1. The first-order valence-corrected chi connectivity index (χ1v) is 9.20. The van der Waals surface area contributed by atoms with E-state index in [-0.39, 0.29) is 5.66 Å². The van der Waals surface area contributed by atoms with Gasteiger partial charge in [-0.05, 0) is 12.8 Å². The Bertz CT molecular complexity index is 244. The van der Waals surface area contributed by atoms with Crippen molar-refractivity contribution >= 4 is 7.60 Å². The Hall–Kier alpha value is 0.110. The molecule has 0 aliphatic heterocycles. The fourth-order valence-electron chi connectivity index (χ4n) is 1.59. The van der Waals surface area contributed by atoms with Crippen molar-refractivity contribution in [2.45, 2.75) is 71.4 Å². The van der Waals surface area contributed by atoms with Gasteiger partial charge in [0.15, 0.2) is 0 Å². The second-order valence-electron chi connectivity index (χ2n) is 5.22. The molecule has 0 aromatic rings. The molecule has 0 aromatic carbocycles. The van der Waals surface area contributed by atoms with E-state index >= 15 is 0 Å². The number of ether oxygens (including phenoxy) is 1. The standard InChI is InChI=1S/C14H31O4P/c1-4-5-6-7-8-9-11-17-12-10-13-18-19(15,16)14(2)3/h14H,4-13H2,1-3H3,(H,15,16). The van der Waals surface area contributed by atoms with Gasteiger partial charge in [-0.1, -0.05) is 52.9 Å². The lowest BCUT2D eigenvalue weighted by molar-refractivity contribution is 0.113. The molecular weight excluding hydrogens is 263 g/mol. The average molecular weight is 294 g/mol. The van der Waals surface area contributed by atoms with Gasteiger partial charge >= 0.3 is 7.60 Å². The van der Waals surface area contributed by atoms with Crippen LogP contribution in [0.25, 0.3) is 0 Å². The fraction of sp³-hybridized carbons (Fsp3) is 1.00. The van der Waals surface area contributed by atoms with Crippen molar-refractivity contribution in [3.05, 3.63) is 0 Å². The van der Waals surface area contributed by atoms with Crippen molar-refractivity contribution < 1.29 is 18.7 Å². The summed E-state index contributed by atoms with van der Waals surface area (Å²) in [6.07, 6.45) is 8.24. The predicted molar refractivity (Wildman–Crippen MR) is 79.7 cm³/mol. The van der Waals surface area contributed by atoms with Crippen LogP contribution >= 0.6 is 7.60 Å². The molecule has 1 unspecified atom stereocenters. The van der Waals surface area contributed by atoms with Crippen LogP contribution in [0.4, 0.5) is 0 Å². The maximum Gasteiger partial charge on any atom is 0.330 e. The molecule has 0 aliphatic rings. The Morgan fingerprint density at radius 1 is 0.947 bits per heavy atom. The van der Waals surface area contributed by atoms with Gasteiger partial charge < -0.3 is 14.2 Å². The monoisotopic (exact) mass is 294 g/mol. The molecule has 0 aliphatic carbocycles. The van der Waals surface area contributed by atoms with Crippen molar-refractivity contribution in [2.24, 2.45) is 0 Å². The molecular formula is C14H31O4P. The molecule has 1 N–H and O–H groups in total. The molecule has 0 aromatic heterocycles. The molecule has 0 rings (SSSR count). The third-order valence-electron chi connectivity index (χ3n) is 3.00. The highest BCUT2D eigenvalue weighted by Gasteiger charge is 2.23. The zero-order chi connectivity index (χ0) is 14.6. The molecule has 0 amide bonds. The summed E-state index contributed by atoms with van der Waals surface area (Å²) in [6, 6.07) is 0. The summed E-state index contributed by atoms with van der Waals surface area (Å²) in [5, 5.41) is 0. The fourth-order valence-corrected chi connectivity index (χ4v) is 2.28. The van der Waals surface area contributed by atoms with Crippen LogP contribution in [0.3, 0.4) is 0 Å². The molecule has 0 radical (unpaired) electrons. The normalized spacial score (nSPS) is 14.8. The van der Waals surface area contributed by atoms with Gasteiger partial charge in [0.1, 0.15) is 0 Å². The summed E-state index contributed by atoms with van der Waals surface area (Å²) in [5.74, 6) is 0. The molecule has 0 fully saturated rings. The highest BCUT2D eigenvalue weighted by atomic mass is 31.2. The van der Waals surface area contributed by atoms with Gasteiger partial charge in [0.05, 0.1) is 12.3 Å². The van der Waals surface area contributed by atoms with Gasteiger partial charge in [0, 0.05) is 13.2 Å². The van der Waals surface area contributed by atoms with E-state index in [4.69, 9.17) is 9.26 Å². The van der Waals surface area contributed by atoms with Gasteiger partial charge in [-0.25, -0.2) is 0 Å². The van der Waals surface area contributed by atoms with Crippen LogP contribution in [-0.2, 0) is 13.8 Å². The van der Waals surface area contributed by atoms with Crippen molar-refractivity contribution in [3.63, 3.8) is 0 Å². The second-order valence-corrected chi connectivity index (χ2v) is 7.64. The molecule has 0 heterocycles. The highest BCUT2D eigenvalue weighted by Crippen LogP contribution is 2.46. The van der Waals surface area contributed by atoms with Gasteiger partial charge in [0.25, 0.3) is 0 Å². The van der Waals surface area contributed by atoms with E-state index in [9.17, 15) is 9.46 Å². The van der Waals surface area contributed by atoms with E-state index < -0.39 is 7.60 Å². The van der Waals surface area contributed by atoms with Crippen molar-refractivity contribution in [3.8, 4) is 0 Å². The minimum atomic E-state index is -3.40. The van der Waals surface area contributed by atoms with Crippen LogP contribution in [0, 0.1) is 0 Å². The SMILES string of the molecule is CCCCCCCCOCCCOP(=O)(O)C(C)C. The minimum Gasteiger partial charge on any atom is -0.381 e. The Morgan fingerprint density at radius 2 is 1.53 bits per heavy atom.